The van der Waals surface area contributed by atoms with E-state index >= 15 is 0 Å². The van der Waals surface area contributed by atoms with E-state index in [9.17, 15) is 10.1 Å². The van der Waals surface area contributed by atoms with Crippen molar-refractivity contribution in [3.8, 4) is 23.2 Å². The number of rotatable bonds is 16. The number of carbonyl (C=O) groups excluding carboxylic acids is 1. The first kappa shape index (κ1) is 27.5. The second-order valence-electron chi connectivity index (χ2n) is 9.34. The van der Waals surface area contributed by atoms with E-state index in [2.05, 4.69) is 29.9 Å². The van der Waals surface area contributed by atoms with E-state index in [1.807, 2.05) is 31.5 Å². The van der Waals surface area contributed by atoms with Crippen LogP contribution in [0, 0.1) is 23.2 Å². The maximum Gasteiger partial charge on any atom is 0.312 e. The lowest BCUT2D eigenvalue weighted by Crippen LogP contribution is -2.18. The van der Waals surface area contributed by atoms with Gasteiger partial charge in [-0.1, -0.05) is 72.1 Å². The number of hydrogen-bond donors (Lipinski definition) is 0. The van der Waals surface area contributed by atoms with Crippen LogP contribution in [0.1, 0.15) is 97.0 Å². The van der Waals surface area contributed by atoms with Crippen LogP contribution in [0.25, 0.3) is 11.4 Å². The van der Waals surface area contributed by atoms with Crippen molar-refractivity contribution < 1.29 is 9.53 Å². The van der Waals surface area contributed by atoms with Crippen LogP contribution in [0.15, 0.2) is 36.7 Å². The van der Waals surface area contributed by atoms with Crippen molar-refractivity contribution in [2.75, 3.05) is 0 Å². The summed E-state index contributed by atoms with van der Waals surface area (Å²) in [4.78, 5) is 21.3. The molecule has 1 aromatic carbocycles. The quantitative estimate of drug-likeness (QED) is 0.145. The highest BCUT2D eigenvalue weighted by atomic mass is 16.5. The molecule has 5 nitrogen and oxygen atoms in total. The molecule has 2 unspecified atom stereocenters. The van der Waals surface area contributed by atoms with Gasteiger partial charge in [-0.25, -0.2) is 9.97 Å². The Labute approximate surface area is 206 Å². The van der Waals surface area contributed by atoms with E-state index in [1.54, 1.807) is 12.1 Å². The van der Waals surface area contributed by atoms with Gasteiger partial charge in [0, 0.05) is 18.0 Å². The number of nitriles is 1. The normalized spacial score (nSPS) is 12.6. The third kappa shape index (κ3) is 10.0. The van der Waals surface area contributed by atoms with Gasteiger partial charge in [0.15, 0.2) is 5.82 Å². The van der Waals surface area contributed by atoms with Crippen LogP contribution < -0.4 is 4.74 Å². The highest BCUT2D eigenvalue weighted by molar-refractivity contribution is 5.73. The third-order valence-electron chi connectivity index (χ3n) is 6.35. The van der Waals surface area contributed by atoms with E-state index in [1.165, 1.54) is 56.9 Å². The third-order valence-corrected chi connectivity index (χ3v) is 6.35. The molecule has 0 aliphatic rings. The standard InChI is InChI=1S/C29H41N3O2/c1-4-6-7-8-9-10-11-12-14-24-21-31-29(32-22-24)25-15-17-27(18-16-25)34-28(33)19-26(20-30)23(3)13-5-2/h15-18,21-23,26H,4-14,19H2,1-3H3. The molecule has 2 atom stereocenters. The molecule has 2 aromatic rings. The molecule has 0 aliphatic heterocycles. The lowest BCUT2D eigenvalue weighted by Gasteiger charge is -2.16. The van der Waals surface area contributed by atoms with Crippen molar-refractivity contribution in [1.82, 2.24) is 9.97 Å². The van der Waals surface area contributed by atoms with Crippen LogP contribution >= 0.6 is 0 Å². The SMILES string of the molecule is CCCCCCCCCCc1cnc(-c2ccc(OC(=O)CC(C#N)C(C)CCC)cc2)nc1. The fraction of sp³-hybridized carbons (Fsp3) is 0.586. The van der Waals surface area contributed by atoms with E-state index in [4.69, 9.17) is 4.74 Å². The van der Waals surface area contributed by atoms with Crippen molar-refractivity contribution >= 4 is 5.97 Å². The van der Waals surface area contributed by atoms with Crippen LogP contribution in [0.3, 0.4) is 0 Å². The number of benzene rings is 1. The van der Waals surface area contributed by atoms with Gasteiger partial charge in [0.1, 0.15) is 5.75 Å². The van der Waals surface area contributed by atoms with Gasteiger partial charge in [0.2, 0.25) is 0 Å². The maximum absolute atomic E-state index is 12.3. The minimum atomic E-state index is -0.371. The predicted octanol–water partition coefficient (Wildman–Crippen LogP) is 7.70. The predicted molar refractivity (Wildman–Crippen MR) is 137 cm³/mol. The minimum Gasteiger partial charge on any atom is -0.426 e. The highest BCUT2D eigenvalue weighted by Crippen LogP contribution is 2.23. The zero-order valence-corrected chi connectivity index (χ0v) is 21.3. The zero-order valence-electron chi connectivity index (χ0n) is 21.3. The highest BCUT2D eigenvalue weighted by Gasteiger charge is 2.21. The lowest BCUT2D eigenvalue weighted by atomic mass is 9.89. The van der Waals surface area contributed by atoms with Crippen LogP contribution in [-0.2, 0) is 11.2 Å². The second-order valence-corrected chi connectivity index (χ2v) is 9.34. The summed E-state index contributed by atoms with van der Waals surface area (Å²) in [6.07, 6.45) is 17.4. The number of hydrogen-bond acceptors (Lipinski definition) is 5. The maximum atomic E-state index is 12.3. The van der Waals surface area contributed by atoms with Crippen LogP contribution in [0.2, 0.25) is 0 Å². The van der Waals surface area contributed by atoms with E-state index in [0.717, 1.165) is 24.8 Å². The minimum absolute atomic E-state index is 0.114. The van der Waals surface area contributed by atoms with Crippen LogP contribution in [-0.4, -0.2) is 15.9 Å². The monoisotopic (exact) mass is 463 g/mol. The van der Waals surface area contributed by atoms with Gasteiger partial charge in [0.25, 0.3) is 0 Å². The first-order chi connectivity index (χ1) is 16.6. The van der Waals surface area contributed by atoms with Gasteiger partial charge in [-0.15, -0.1) is 0 Å². The van der Waals surface area contributed by atoms with Crippen molar-refractivity contribution in [3.63, 3.8) is 0 Å². The number of ether oxygens (including phenoxy) is 1. The molecule has 2 rings (SSSR count). The fourth-order valence-corrected chi connectivity index (χ4v) is 4.15. The molecule has 184 valence electrons. The van der Waals surface area contributed by atoms with Gasteiger partial charge in [-0.3, -0.25) is 4.79 Å². The topological polar surface area (TPSA) is 75.9 Å². The van der Waals surface area contributed by atoms with E-state index < -0.39 is 0 Å². The van der Waals surface area contributed by atoms with Crippen LogP contribution in [0.5, 0.6) is 5.75 Å². The molecule has 0 saturated carbocycles. The van der Waals surface area contributed by atoms with Gasteiger partial charge in [0.05, 0.1) is 18.4 Å². The Morgan fingerprint density at radius 2 is 1.56 bits per heavy atom. The summed E-state index contributed by atoms with van der Waals surface area (Å²) in [7, 11) is 0. The van der Waals surface area contributed by atoms with E-state index in [0.29, 0.717) is 11.6 Å². The lowest BCUT2D eigenvalue weighted by molar-refractivity contribution is -0.135. The number of aryl methyl sites for hydroxylation is 1. The van der Waals surface area contributed by atoms with E-state index in [-0.39, 0.29) is 24.2 Å². The molecule has 34 heavy (non-hydrogen) atoms. The molecule has 5 heteroatoms. The molecule has 0 spiro atoms. The Balaban J connectivity index is 1.77. The number of carbonyl (C=O) groups is 1. The first-order valence-corrected chi connectivity index (χ1v) is 13.1. The van der Waals surface area contributed by atoms with Crippen molar-refractivity contribution in [3.05, 3.63) is 42.2 Å². The molecule has 0 amide bonds. The van der Waals surface area contributed by atoms with Crippen molar-refractivity contribution in [2.24, 2.45) is 11.8 Å². The van der Waals surface area contributed by atoms with Crippen molar-refractivity contribution in [1.29, 1.82) is 5.26 Å². The molecule has 1 aromatic heterocycles. The summed E-state index contributed by atoms with van der Waals surface area (Å²) in [5.74, 6) is 0.629. The second kappa shape index (κ2) is 16.0. The van der Waals surface area contributed by atoms with Gasteiger partial charge >= 0.3 is 5.97 Å². The Hall–Kier alpha value is -2.74. The molecule has 0 bridgehead atoms. The Morgan fingerprint density at radius 1 is 0.941 bits per heavy atom. The summed E-state index contributed by atoms with van der Waals surface area (Å²) in [6.45, 7) is 6.35. The molecule has 0 fully saturated rings. The molecule has 0 N–H and O–H groups in total. The average Bonchev–Trinajstić information content (AvgIpc) is 2.85. The molecule has 1 heterocycles. The summed E-state index contributed by atoms with van der Waals surface area (Å²) in [5, 5.41) is 9.36. The van der Waals surface area contributed by atoms with Gasteiger partial charge < -0.3 is 4.74 Å². The summed E-state index contributed by atoms with van der Waals surface area (Å²) in [5.41, 5.74) is 2.05. The Bertz CT molecular complexity index is 872. The Morgan fingerprint density at radius 3 is 2.15 bits per heavy atom. The molecular weight excluding hydrogens is 422 g/mol. The molecule has 0 aliphatic carbocycles. The molecule has 0 radical (unpaired) electrons. The number of esters is 1. The summed E-state index contributed by atoms with van der Waals surface area (Å²) >= 11 is 0. The summed E-state index contributed by atoms with van der Waals surface area (Å²) < 4.78 is 5.45. The van der Waals surface area contributed by atoms with Crippen LogP contribution in [0.4, 0.5) is 0 Å². The fourth-order valence-electron chi connectivity index (χ4n) is 4.15. The van der Waals surface area contributed by atoms with Gasteiger partial charge in [-0.2, -0.15) is 5.26 Å². The smallest absolute Gasteiger partial charge is 0.312 e. The average molecular weight is 464 g/mol. The number of nitrogens with zero attached hydrogens (tertiary/aromatic N) is 3. The Kier molecular flexibility index (Phi) is 12.9. The first-order valence-electron chi connectivity index (χ1n) is 13.1. The largest absolute Gasteiger partial charge is 0.426 e. The summed E-state index contributed by atoms with van der Waals surface area (Å²) in [6, 6.07) is 9.47. The molecule has 0 saturated heterocycles. The molecular formula is C29H41N3O2. The zero-order chi connectivity index (χ0) is 24.6. The van der Waals surface area contributed by atoms with Gasteiger partial charge in [-0.05, 0) is 55.0 Å². The number of unbranched alkanes of at least 4 members (excludes halogenated alkanes) is 7. The number of aromatic nitrogens is 2. The van der Waals surface area contributed by atoms with Crippen molar-refractivity contribution in [2.45, 2.75) is 97.8 Å².